The molecule has 1 rings (SSSR count). The van der Waals surface area contributed by atoms with E-state index in [4.69, 9.17) is 5.11 Å². The second-order valence-corrected chi connectivity index (χ2v) is 5.69. The molecule has 2 N–H and O–H groups in total. The number of hydrogen-bond donors (Lipinski definition) is 2. The van der Waals surface area contributed by atoms with Crippen molar-refractivity contribution in [3.05, 3.63) is 0 Å². The lowest BCUT2D eigenvalue weighted by atomic mass is 10.0. The van der Waals surface area contributed by atoms with Crippen LogP contribution in [-0.2, 0) is 24.5 Å². The minimum atomic E-state index is -3.84. The van der Waals surface area contributed by atoms with Crippen molar-refractivity contribution in [3.8, 4) is 0 Å². The maximum absolute atomic E-state index is 11.8. The summed E-state index contributed by atoms with van der Waals surface area (Å²) in [7, 11) is -2.68. The molecule has 0 bridgehead atoms. The fourth-order valence-electron chi connectivity index (χ4n) is 1.68. The van der Waals surface area contributed by atoms with Crippen LogP contribution in [0.1, 0.15) is 12.8 Å². The number of nitrogens with one attached hydrogen (secondary N) is 1. The maximum Gasteiger partial charge on any atom is 0.320 e. The molecule has 1 aliphatic heterocycles. The summed E-state index contributed by atoms with van der Waals surface area (Å²) in [5.74, 6) is -2.42. The molecule has 1 fully saturated rings. The van der Waals surface area contributed by atoms with Crippen LogP contribution in [0.5, 0.6) is 0 Å². The molecule has 8 nitrogen and oxygen atoms in total. The Morgan fingerprint density at radius 1 is 1.50 bits per heavy atom. The summed E-state index contributed by atoms with van der Waals surface area (Å²) in [4.78, 5) is 21.7. The third-order valence-electron chi connectivity index (χ3n) is 2.70. The number of carboxylic acid groups (broad SMARTS) is 1. The first-order chi connectivity index (χ1) is 8.36. The molecule has 0 radical (unpaired) electrons. The van der Waals surface area contributed by atoms with Gasteiger partial charge in [0.2, 0.25) is 0 Å². The van der Waals surface area contributed by atoms with Crippen LogP contribution in [0.2, 0.25) is 0 Å². The number of rotatable bonds is 5. The molecule has 104 valence electrons. The first kappa shape index (κ1) is 14.9. The average molecular weight is 280 g/mol. The topological polar surface area (TPSA) is 113 Å². The highest BCUT2D eigenvalue weighted by Crippen LogP contribution is 2.18. The van der Waals surface area contributed by atoms with Crippen molar-refractivity contribution in [2.75, 3.05) is 26.7 Å². The molecule has 9 heteroatoms. The van der Waals surface area contributed by atoms with Gasteiger partial charge in [0.25, 0.3) is 10.2 Å². The van der Waals surface area contributed by atoms with Gasteiger partial charge in [-0.25, -0.2) is 0 Å². The standard InChI is InChI=1S/C9H16N2O6S/c1-17-8(12)5-10-18(15,16)11-4-2-3-7(6-11)9(13)14/h7,10H,2-6H2,1H3,(H,13,14). The first-order valence-electron chi connectivity index (χ1n) is 5.41. The molecule has 0 spiro atoms. The molecule has 1 unspecified atom stereocenters. The number of hydrogen-bond acceptors (Lipinski definition) is 5. The highest BCUT2D eigenvalue weighted by Gasteiger charge is 2.32. The predicted octanol–water partition coefficient (Wildman–Crippen LogP) is -1.21. The zero-order valence-corrected chi connectivity index (χ0v) is 10.8. The van der Waals surface area contributed by atoms with Gasteiger partial charge in [0.15, 0.2) is 0 Å². The number of carbonyl (C=O) groups excluding carboxylic acids is 1. The van der Waals surface area contributed by atoms with Gasteiger partial charge in [-0.3, -0.25) is 9.59 Å². The molecule has 0 aromatic carbocycles. The van der Waals surface area contributed by atoms with Crippen LogP contribution in [0.4, 0.5) is 0 Å². The number of aliphatic carboxylic acids is 1. The highest BCUT2D eigenvalue weighted by molar-refractivity contribution is 7.87. The van der Waals surface area contributed by atoms with E-state index in [9.17, 15) is 18.0 Å². The van der Waals surface area contributed by atoms with Crippen LogP contribution in [0, 0.1) is 5.92 Å². The second kappa shape index (κ2) is 6.12. The monoisotopic (exact) mass is 280 g/mol. The maximum atomic E-state index is 11.8. The van der Waals surface area contributed by atoms with E-state index in [1.807, 2.05) is 0 Å². The van der Waals surface area contributed by atoms with Gasteiger partial charge in [-0.05, 0) is 12.8 Å². The zero-order valence-electron chi connectivity index (χ0n) is 9.96. The molecule has 0 aromatic rings. The summed E-state index contributed by atoms with van der Waals surface area (Å²) >= 11 is 0. The number of carbonyl (C=O) groups is 2. The van der Waals surface area contributed by atoms with Crippen molar-refractivity contribution in [1.29, 1.82) is 0 Å². The number of piperidine rings is 1. The lowest BCUT2D eigenvalue weighted by Gasteiger charge is -2.29. The van der Waals surface area contributed by atoms with Crippen LogP contribution < -0.4 is 4.72 Å². The summed E-state index contributed by atoms with van der Waals surface area (Å²) in [6.45, 7) is -0.292. The van der Waals surface area contributed by atoms with Gasteiger partial charge >= 0.3 is 11.9 Å². The van der Waals surface area contributed by atoms with Crippen LogP contribution in [0.3, 0.4) is 0 Å². The molecule has 0 aromatic heterocycles. The van der Waals surface area contributed by atoms with Crippen molar-refractivity contribution in [2.24, 2.45) is 5.92 Å². The third kappa shape index (κ3) is 3.93. The van der Waals surface area contributed by atoms with Gasteiger partial charge in [-0.1, -0.05) is 0 Å². The quantitative estimate of drug-likeness (QED) is 0.611. The minimum absolute atomic E-state index is 0.0775. The summed E-state index contributed by atoms with van der Waals surface area (Å²) in [6, 6.07) is 0. The predicted molar refractivity (Wildman–Crippen MR) is 60.9 cm³/mol. The van der Waals surface area contributed by atoms with Gasteiger partial charge in [0.1, 0.15) is 6.54 Å². The van der Waals surface area contributed by atoms with E-state index >= 15 is 0 Å². The van der Waals surface area contributed by atoms with Crippen molar-refractivity contribution < 1.29 is 27.9 Å². The number of ether oxygens (including phenoxy) is 1. The van der Waals surface area contributed by atoms with E-state index < -0.39 is 34.6 Å². The minimum Gasteiger partial charge on any atom is -0.481 e. The van der Waals surface area contributed by atoms with Gasteiger partial charge in [0, 0.05) is 13.1 Å². The van der Waals surface area contributed by atoms with E-state index in [2.05, 4.69) is 9.46 Å². The van der Waals surface area contributed by atoms with E-state index in [-0.39, 0.29) is 13.1 Å². The van der Waals surface area contributed by atoms with Crippen molar-refractivity contribution in [2.45, 2.75) is 12.8 Å². The zero-order chi connectivity index (χ0) is 13.8. The Morgan fingerprint density at radius 3 is 2.72 bits per heavy atom. The second-order valence-electron chi connectivity index (χ2n) is 3.94. The van der Waals surface area contributed by atoms with Gasteiger partial charge < -0.3 is 9.84 Å². The lowest BCUT2D eigenvalue weighted by Crippen LogP contribution is -2.48. The summed E-state index contributed by atoms with van der Waals surface area (Å²) < 4.78 is 31.0. The Labute approximate surface area is 105 Å². The summed E-state index contributed by atoms with van der Waals surface area (Å²) in [5.41, 5.74) is 0. The number of carboxylic acids is 1. The molecule has 18 heavy (non-hydrogen) atoms. The van der Waals surface area contributed by atoms with Crippen LogP contribution >= 0.6 is 0 Å². The fraction of sp³-hybridized carbons (Fsp3) is 0.778. The van der Waals surface area contributed by atoms with Crippen LogP contribution in [-0.4, -0.2) is 56.5 Å². The highest BCUT2D eigenvalue weighted by atomic mass is 32.2. The normalized spacial score (nSPS) is 21.5. The molecule has 1 heterocycles. The van der Waals surface area contributed by atoms with E-state index in [0.29, 0.717) is 12.8 Å². The van der Waals surface area contributed by atoms with E-state index in [0.717, 1.165) is 11.4 Å². The lowest BCUT2D eigenvalue weighted by molar-refractivity contribution is -0.143. The van der Waals surface area contributed by atoms with Gasteiger partial charge in [0.05, 0.1) is 13.0 Å². The molecule has 0 amide bonds. The third-order valence-corrected chi connectivity index (χ3v) is 4.22. The molecule has 0 saturated carbocycles. The Morgan fingerprint density at radius 2 is 2.17 bits per heavy atom. The SMILES string of the molecule is COC(=O)CNS(=O)(=O)N1CCCC(C(=O)O)C1. The van der Waals surface area contributed by atoms with Crippen molar-refractivity contribution in [3.63, 3.8) is 0 Å². The molecule has 1 aliphatic rings. The number of methoxy groups -OCH3 is 1. The number of nitrogens with zero attached hydrogens (tertiary/aromatic N) is 1. The van der Waals surface area contributed by atoms with E-state index in [1.165, 1.54) is 0 Å². The van der Waals surface area contributed by atoms with Gasteiger partial charge in [-0.15, -0.1) is 0 Å². The van der Waals surface area contributed by atoms with Crippen LogP contribution in [0.15, 0.2) is 0 Å². The molecule has 1 atom stereocenters. The van der Waals surface area contributed by atoms with Crippen molar-refractivity contribution >= 4 is 22.1 Å². The Balaban J connectivity index is 2.61. The largest absolute Gasteiger partial charge is 0.481 e. The Bertz CT molecular complexity index is 421. The number of esters is 1. The van der Waals surface area contributed by atoms with Crippen LogP contribution in [0.25, 0.3) is 0 Å². The van der Waals surface area contributed by atoms with E-state index in [1.54, 1.807) is 0 Å². The summed E-state index contributed by atoms with van der Waals surface area (Å²) in [5, 5.41) is 8.86. The van der Waals surface area contributed by atoms with Crippen molar-refractivity contribution in [1.82, 2.24) is 9.03 Å². The summed E-state index contributed by atoms with van der Waals surface area (Å²) in [6.07, 6.45) is 0.939. The molecule has 1 saturated heterocycles. The average Bonchev–Trinajstić information content (AvgIpc) is 2.36. The Hall–Kier alpha value is -1.19. The smallest absolute Gasteiger partial charge is 0.320 e. The van der Waals surface area contributed by atoms with Gasteiger partial charge in [-0.2, -0.15) is 17.4 Å². The first-order valence-corrected chi connectivity index (χ1v) is 6.85. The molecular weight excluding hydrogens is 264 g/mol. The Kier molecular flexibility index (Phi) is 5.05. The molecule has 0 aliphatic carbocycles. The molecular formula is C9H16N2O6S. The fourth-order valence-corrected chi connectivity index (χ4v) is 2.90.